The van der Waals surface area contributed by atoms with Crippen molar-refractivity contribution < 1.29 is 9.21 Å². The molecule has 0 aliphatic rings. The summed E-state index contributed by atoms with van der Waals surface area (Å²) in [6.07, 6.45) is 0.658. The smallest absolute Gasteiger partial charge is 0.248 e. The minimum atomic E-state index is -0.116. The summed E-state index contributed by atoms with van der Waals surface area (Å²) in [6.45, 7) is 4.07. The fraction of sp³-hybridized carbons (Fsp3) is 0.222. The monoisotopic (exact) mass is 384 g/mol. The second kappa shape index (κ2) is 6.97. The summed E-state index contributed by atoms with van der Waals surface area (Å²) in [7, 11) is 0. The summed E-state index contributed by atoms with van der Waals surface area (Å²) in [6, 6.07) is 6.04. The Balaban J connectivity index is 1.40. The molecule has 8 heteroatoms. The predicted octanol–water partition coefficient (Wildman–Crippen LogP) is 4.60. The van der Waals surface area contributed by atoms with E-state index in [9.17, 15) is 4.79 Å². The number of benzene rings is 1. The molecule has 0 unspecified atom stereocenters. The van der Waals surface area contributed by atoms with E-state index in [1.807, 2.05) is 36.7 Å². The molecule has 4 rings (SSSR count). The number of thiazole rings is 1. The van der Waals surface area contributed by atoms with Crippen LogP contribution in [0, 0.1) is 13.8 Å². The molecule has 0 radical (unpaired) electrons. The third-order valence-electron chi connectivity index (χ3n) is 3.99. The molecule has 0 atom stereocenters. The number of nitrogens with one attached hydrogen (secondary N) is 1. The number of anilines is 1. The van der Waals surface area contributed by atoms with Crippen LogP contribution in [-0.2, 0) is 11.2 Å². The van der Waals surface area contributed by atoms with Gasteiger partial charge in [0.05, 0.1) is 10.2 Å². The maximum absolute atomic E-state index is 12.2. The maximum Gasteiger partial charge on any atom is 0.248 e. The minimum Gasteiger partial charge on any atom is -0.421 e. The molecular formula is C18H16N4O2S2. The van der Waals surface area contributed by atoms with Crippen molar-refractivity contribution in [2.45, 2.75) is 26.7 Å². The molecule has 0 saturated carbocycles. The van der Waals surface area contributed by atoms with E-state index in [2.05, 4.69) is 26.6 Å². The highest BCUT2D eigenvalue weighted by Gasteiger charge is 2.13. The van der Waals surface area contributed by atoms with Crippen molar-refractivity contribution in [1.82, 2.24) is 15.2 Å². The minimum absolute atomic E-state index is 0.116. The first-order valence-corrected chi connectivity index (χ1v) is 9.87. The molecule has 4 aromatic rings. The molecule has 132 valence electrons. The normalized spacial score (nSPS) is 11.2. The van der Waals surface area contributed by atoms with Crippen molar-refractivity contribution in [3.8, 4) is 11.5 Å². The number of aryl methyl sites for hydroxylation is 3. The van der Waals surface area contributed by atoms with Gasteiger partial charge in [-0.1, -0.05) is 23.5 Å². The molecule has 3 aromatic heterocycles. The Bertz CT molecular complexity index is 1030. The number of nitrogens with zero attached hydrogens (tertiary/aromatic N) is 3. The van der Waals surface area contributed by atoms with Crippen LogP contribution in [0.2, 0.25) is 0 Å². The van der Waals surface area contributed by atoms with E-state index in [4.69, 9.17) is 4.42 Å². The number of carbonyl (C=O) groups is 1. The summed E-state index contributed by atoms with van der Waals surface area (Å²) >= 11 is 3.07. The average molecular weight is 384 g/mol. The van der Waals surface area contributed by atoms with Crippen LogP contribution in [0.4, 0.5) is 5.13 Å². The van der Waals surface area contributed by atoms with Gasteiger partial charge in [-0.15, -0.1) is 10.2 Å². The lowest BCUT2D eigenvalue weighted by Crippen LogP contribution is -2.12. The fourth-order valence-electron chi connectivity index (χ4n) is 2.57. The standard InChI is InChI=1S/C18H16N4O2S2/c1-10-3-4-11(2)16-15(10)20-18(26-16)19-13(23)5-6-14-21-22-17(24-14)12-7-8-25-9-12/h3-4,7-9H,5-6H2,1-2H3,(H,19,20,23). The van der Waals surface area contributed by atoms with Gasteiger partial charge in [-0.05, 0) is 36.4 Å². The molecule has 0 fully saturated rings. The van der Waals surface area contributed by atoms with Crippen LogP contribution in [0.5, 0.6) is 0 Å². The number of amides is 1. The molecule has 26 heavy (non-hydrogen) atoms. The molecule has 1 N–H and O–H groups in total. The van der Waals surface area contributed by atoms with E-state index in [0.717, 1.165) is 26.9 Å². The molecule has 1 amide bonds. The van der Waals surface area contributed by atoms with Gasteiger partial charge < -0.3 is 9.73 Å². The van der Waals surface area contributed by atoms with Crippen LogP contribution in [0.1, 0.15) is 23.4 Å². The number of carbonyl (C=O) groups excluding carboxylic acids is 1. The van der Waals surface area contributed by atoms with Crippen molar-refractivity contribution in [2.24, 2.45) is 0 Å². The van der Waals surface area contributed by atoms with Crippen LogP contribution >= 0.6 is 22.7 Å². The first-order chi connectivity index (χ1) is 12.6. The second-order valence-corrected chi connectivity index (χ2v) is 7.74. The van der Waals surface area contributed by atoms with Gasteiger partial charge in [0.1, 0.15) is 0 Å². The molecule has 0 aliphatic carbocycles. The van der Waals surface area contributed by atoms with Crippen LogP contribution in [0.15, 0.2) is 33.4 Å². The number of aromatic nitrogens is 3. The maximum atomic E-state index is 12.2. The predicted molar refractivity (Wildman–Crippen MR) is 104 cm³/mol. The number of rotatable bonds is 5. The third-order valence-corrected chi connectivity index (χ3v) is 5.78. The Labute approximate surface area is 157 Å². The van der Waals surface area contributed by atoms with Gasteiger partial charge in [-0.25, -0.2) is 4.98 Å². The van der Waals surface area contributed by atoms with Gasteiger partial charge >= 0.3 is 0 Å². The van der Waals surface area contributed by atoms with E-state index in [1.165, 1.54) is 11.3 Å². The average Bonchev–Trinajstić information content (AvgIpc) is 3.36. The lowest BCUT2D eigenvalue weighted by atomic mass is 10.1. The van der Waals surface area contributed by atoms with Gasteiger partial charge in [-0.3, -0.25) is 4.79 Å². The number of hydrogen-bond donors (Lipinski definition) is 1. The lowest BCUT2D eigenvalue weighted by molar-refractivity contribution is -0.116. The SMILES string of the molecule is Cc1ccc(C)c2sc(NC(=O)CCc3nnc(-c4ccsc4)o3)nc12. The van der Waals surface area contributed by atoms with Crippen LogP contribution in [0.25, 0.3) is 21.7 Å². The number of hydrogen-bond acceptors (Lipinski definition) is 7. The molecule has 6 nitrogen and oxygen atoms in total. The zero-order valence-corrected chi connectivity index (χ0v) is 15.9. The van der Waals surface area contributed by atoms with E-state index in [0.29, 0.717) is 23.3 Å². The number of thiophene rings is 1. The van der Waals surface area contributed by atoms with Crippen molar-refractivity contribution in [3.05, 3.63) is 46.0 Å². The van der Waals surface area contributed by atoms with Crippen LogP contribution < -0.4 is 5.32 Å². The largest absolute Gasteiger partial charge is 0.421 e. The molecule has 0 bridgehead atoms. The van der Waals surface area contributed by atoms with Crippen LogP contribution in [-0.4, -0.2) is 21.1 Å². The van der Waals surface area contributed by atoms with E-state index in [1.54, 1.807) is 11.3 Å². The summed E-state index contributed by atoms with van der Waals surface area (Å²) in [4.78, 5) is 16.8. The topological polar surface area (TPSA) is 80.9 Å². The molecule has 1 aromatic carbocycles. The summed E-state index contributed by atoms with van der Waals surface area (Å²) < 4.78 is 6.71. The fourth-order valence-corrected chi connectivity index (χ4v) is 4.23. The van der Waals surface area contributed by atoms with E-state index >= 15 is 0 Å². The second-order valence-electron chi connectivity index (χ2n) is 5.96. The van der Waals surface area contributed by atoms with Crippen molar-refractivity contribution in [3.63, 3.8) is 0 Å². The van der Waals surface area contributed by atoms with E-state index in [-0.39, 0.29) is 12.3 Å². The molecule has 0 saturated heterocycles. The van der Waals surface area contributed by atoms with E-state index < -0.39 is 0 Å². The van der Waals surface area contributed by atoms with Gasteiger partial charge in [0.15, 0.2) is 5.13 Å². The molecule has 0 spiro atoms. The van der Waals surface area contributed by atoms with Gasteiger partial charge in [-0.2, -0.15) is 11.3 Å². The zero-order chi connectivity index (χ0) is 18.1. The highest BCUT2D eigenvalue weighted by atomic mass is 32.1. The quantitative estimate of drug-likeness (QED) is 0.544. The zero-order valence-electron chi connectivity index (χ0n) is 14.3. The van der Waals surface area contributed by atoms with Gasteiger partial charge in [0.2, 0.25) is 17.7 Å². The Hall–Kier alpha value is -2.58. The summed E-state index contributed by atoms with van der Waals surface area (Å²) in [5, 5.41) is 15.4. The molecular weight excluding hydrogens is 368 g/mol. The van der Waals surface area contributed by atoms with Gasteiger partial charge in [0.25, 0.3) is 0 Å². The van der Waals surface area contributed by atoms with Crippen molar-refractivity contribution in [1.29, 1.82) is 0 Å². The van der Waals surface area contributed by atoms with Crippen molar-refractivity contribution in [2.75, 3.05) is 5.32 Å². The molecule has 0 aliphatic heterocycles. The first-order valence-electron chi connectivity index (χ1n) is 8.11. The molecule has 3 heterocycles. The van der Waals surface area contributed by atoms with Crippen LogP contribution in [0.3, 0.4) is 0 Å². The highest BCUT2D eigenvalue weighted by Crippen LogP contribution is 2.31. The third kappa shape index (κ3) is 3.38. The van der Waals surface area contributed by atoms with Crippen molar-refractivity contribution >= 4 is 43.9 Å². The van der Waals surface area contributed by atoms with Gasteiger partial charge in [0, 0.05) is 23.8 Å². The summed E-state index contributed by atoms with van der Waals surface area (Å²) in [5.74, 6) is 0.825. The Morgan fingerprint density at radius 2 is 2.04 bits per heavy atom. The first kappa shape index (κ1) is 16.9. The Morgan fingerprint density at radius 1 is 1.19 bits per heavy atom. The highest BCUT2D eigenvalue weighted by molar-refractivity contribution is 7.22. The Morgan fingerprint density at radius 3 is 2.81 bits per heavy atom. The summed E-state index contributed by atoms with van der Waals surface area (Å²) in [5.41, 5.74) is 4.12. The Kier molecular flexibility index (Phi) is 4.52. The number of fused-ring (bicyclic) bond motifs is 1. The lowest BCUT2D eigenvalue weighted by Gasteiger charge is -1.99.